The average molecular weight is 744 g/mol. The van der Waals surface area contributed by atoms with E-state index in [2.05, 4.69) is 166 Å². The van der Waals surface area contributed by atoms with Crippen molar-refractivity contribution in [3.8, 4) is 22.3 Å². The average Bonchev–Trinajstić information content (AvgIpc) is 3.92. The van der Waals surface area contributed by atoms with E-state index in [9.17, 15) is 0 Å². The second-order valence-corrected chi connectivity index (χ2v) is 24.0. The smallest absolute Gasteiger partial charge is 0.0606 e. The van der Waals surface area contributed by atoms with Crippen LogP contribution >= 0.6 is 0 Å². The maximum Gasteiger partial charge on any atom is 0.0606 e. The van der Waals surface area contributed by atoms with Crippen molar-refractivity contribution in [2.75, 3.05) is 0 Å². The molecule has 2 unspecified atom stereocenters. The van der Waals surface area contributed by atoms with Crippen molar-refractivity contribution in [3.05, 3.63) is 129 Å². The highest BCUT2D eigenvalue weighted by atomic mass is 28.3. The van der Waals surface area contributed by atoms with Gasteiger partial charge in [0.1, 0.15) is 0 Å². The van der Waals surface area contributed by atoms with Gasteiger partial charge in [0.25, 0.3) is 0 Å². The van der Waals surface area contributed by atoms with Crippen LogP contribution in [0.4, 0.5) is 0 Å². The molecule has 0 N–H and O–H groups in total. The molecule has 2 saturated carbocycles. The van der Waals surface area contributed by atoms with Gasteiger partial charge >= 0.3 is 0 Å². The molecule has 1 heteroatoms. The summed E-state index contributed by atoms with van der Waals surface area (Å²) in [5, 5.41) is -0.0201. The quantitative estimate of drug-likeness (QED) is 0.158. The number of rotatable bonds is 8. The summed E-state index contributed by atoms with van der Waals surface area (Å²) in [6.07, 6.45) is 18.8. The van der Waals surface area contributed by atoms with Gasteiger partial charge in [-0.25, -0.2) is 0 Å². The lowest BCUT2D eigenvalue weighted by Crippen LogP contribution is -2.46. The molecule has 4 aromatic rings. The summed E-state index contributed by atoms with van der Waals surface area (Å²) in [6, 6.07) is 33.8. The highest BCUT2D eigenvalue weighted by Crippen LogP contribution is 2.64. The van der Waals surface area contributed by atoms with Crippen molar-refractivity contribution in [2.24, 2.45) is 10.8 Å². The Morgan fingerprint density at radius 2 is 1.04 bits per heavy atom. The fraction of sp³-hybridized carbons (Fsp3) is 0.481. The van der Waals surface area contributed by atoms with E-state index in [4.69, 9.17) is 0 Å². The molecule has 0 amide bonds. The van der Waals surface area contributed by atoms with Crippen molar-refractivity contribution >= 4 is 20.9 Å². The first-order valence-electron chi connectivity index (χ1n) is 21.7. The Morgan fingerprint density at radius 1 is 0.564 bits per heavy atom. The summed E-state index contributed by atoms with van der Waals surface area (Å²) >= 11 is 0. The fourth-order valence-corrected chi connectivity index (χ4v) is 14.1. The topological polar surface area (TPSA) is 0 Å². The minimum absolute atomic E-state index is 0.0201. The highest BCUT2D eigenvalue weighted by molar-refractivity contribution is 6.61. The second-order valence-electron chi connectivity index (χ2n) is 21.2. The van der Waals surface area contributed by atoms with Gasteiger partial charge in [0.2, 0.25) is 0 Å². The molecular weight excluding hydrogens is 677 g/mol. The molecule has 4 aromatic carbocycles. The SMILES string of the molecule is C[Si](C)C1(C2C(CC3(C)CCCC3)=Cc3c(-c4ccc(C(C)(C)C)cc4)cccc32)C(CC2(C)CCCC2)=Cc2c(-c3ccc(C(C)(C)C)cc3)cccc21. The minimum Gasteiger partial charge on any atom is -0.0702 e. The molecule has 55 heavy (non-hydrogen) atoms. The van der Waals surface area contributed by atoms with Crippen molar-refractivity contribution in [3.63, 3.8) is 0 Å². The predicted octanol–water partition coefficient (Wildman–Crippen LogP) is 15.7. The Kier molecular flexibility index (Phi) is 9.72. The van der Waals surface area contributed by atoms with E-state index in [0.29, 0.717) is 16.7 Å². The van der Waals surface area contributed by atoms with E-state index in [1.54, 1.807) is 22.3 Å². The van der Waals surface area contributed by atoms with Crippen LogP contribution in [0.3, 0.4) is 0 Å². The third kappa shape index (κ3) is 6.79. The van der Waals surface area contributed by atoms with Crippen LogP contribution in [0.1, 0.15) is 159 Å². The molecule has 2 fully saturated rings. The number of hydrogen-bond donors (Lipinski definition) is 0. The normalized spacial score (nSPS) is 22.9. The van der Waals surface area contributed by atoms with E-state index in [-0.39, 0.29) is 15.9 Å². The number of allylic oxidation sites excluding steroid dienone is 2. The number of benzene rings is 4. The summed E-state index contributed by atoms with van der Waals surface area (Å²) in [6.45, 7) is 24.5. The van der Waals surface area contributed by atoms with E-state index in [1.807, 2.05) is 0 Å². The monoisotopic (exact) mass is 744 g/mol. The summed E-state index contributed by atoms with van der Waals surface area (Å²) in [5.41, 5.74) is 19.0. The van der Waals surface area contributed by atoms with Gasteiger partial charge in [0, 0.05) is 11.0 Å². The van der Waals surface area contributed by atoms with E-state index in [1.165, 1.54) is 109 Å². The fourth-order valence-electron chi connectivity index (χ4n) is 11.6. The van der Waals surface area contributed by atoms with Gasteiger partial charge in [-0.3, -0.25) is 0 Å². The molecule has 2 atom stereocenters. The van der Waals surface area contributed by atoms with Crippen LogP contribution in [0, 0.1) is 10.8 Å². The molecule has 0 aliphatic heterocycles. The van der Waals surface area contributed by atoms with Gasteiger partial charge in [-0.2, -0.15) is 0 Å². The Bertz CT molecular complexity index is 2110. The lowest BCUT2D eigenvalue weighted by atomic mass is 9.68. The van der Waals surface area contributed by atoms with Crippen molar-refractivity contribution in [1.82, 2.24) is 0 Å². The molecule has 0 heterocycles. The van der Waals surface area contributed by atoms with Crippen molar-refractivity contribution in [1.29, 1.82) is 0 Å². The molecule has 8 rings (SSSR count). The summed E-state index contributed by atoms with van der Waals surface area (Å²) < 4.78 is 0. The first kappa shape index (κ1) is 38.5. The van der Waals surface area contributed by atoms with Crippen molar-refractivity contribution in [2.45, 2.75) is 154 Å². The number of fused-ring (bicyclic) bond motifs is 2. The Balaban J connectivity index is 1.35. The zero-order valence-corrected chi connectivity index (χ0v) is 36.9. The predicted molar refractivity (Wildman–Crippen MR) is 241 cm³/mol. The standard InChI is InChI=1S/C54H67Si/c1-50(2,3)40-25-21-37(22-26-40)43-17-15-19-45-46(43)33-39(35-52(7)29-11-12-30-52)49(45)54(55(9)10)42(36-53(8)31-13-14-32-53)34-47-44(18-16-20-48(47)54)38-23-27-41(28-24-38)51(4,5)6/h15-28,33-34,49H,11-14,29-32,35-36H2,1-10H3. The van der Waals surface area contributed by atoms with Crippen LogP contribution in [0.25, 0.3) is 34.4 Å². The Hall–Kier alpha value is -3.42. The first-order chi connectivity index (χ1) is 26.0. The second kappa shape index (κ2) is 13.9. The maximum atomic E-state index is 2.76. The van der Waals surface area contributed by atoms with E-state index >= 15 is 0 Å². The van der Waals surface area contributed by atoms with E-state index < -0.39 is 8.80 Å². The molecule has 4 aliphatic rings. The van der Waals surface area contributed by atoms with Gasteiger partial charge < -0.3 is 0 Å². The molecule has 0 bridgehead atoms. The van der Waals surface area contributed by atoms with E-state index in [0.717, 1.165) is 0 Å². The van der Waals surface area contributed by atoms with Gasteiger partial charge in [-0.1, -0.05) is 202 Å². The zero-order valence-electron chi connectivity index (χ0n) is 35.9. The van der Waals surface area contributed by atoms with Crippen LogP contribution in [0.15, 0.2) is 96.1 Å². The van der Waals surface area contributed by atoms with Crippen molar-refractivity contribution < 1.29 is 0 Å². The van der Waals surface area contributed by atoms with Gasteiger partial charge in [-0.15, -0.1) is 0 Å². The minimum atomic E-state index is -0.939. The Morgan fingerprint density at radius 3 is 1.53 bits per heavy atom. The first-order valence-corrected chi connectivity index (χ1v) is 24.2. The number of hydrogen-bond acceptors (Lipinski definition) is 0. The lowest BCUT2D eigenvalue weighted by Gasteiger charge is -2.47. The van der Waals surface area contributed by atoms with Gasteiger partial charge in [0.15, 0.2) is 0 Å². The summed E-state index contributed by atoms with van der Waals surface area (Å²) in [7, 11) is -0.939. The zero-order chi connectivity index (χ0) is 39.0. The molecule has 287 valence electrons. The van der Waals surface area contributed by atoms with Gasteiger partial charge in [-0.05, 0) is 116 Å². The largest absolute Gasteiger partial charge is 0.0702 e. The molecular formula is C54H67Si. The molecule has 4 aliphatic carbocycles. The summed E-state index contributed by atoms with van der Waals surface area (Å²) in [4.78, 5) is 0. The van der Waals surface area contributed by atoms with Crippen LogP contribution in [0.5, 0.6) is 0 Å². The highest BCUT2D eigenvalue weighted by Gasteiger charge is 2.55. The molecule has 0 nitrogen and oxygen atoms in total. The third-order valence-corrected chi connectivity index (χ3v) is 17.2. The third-order valence-electron chi connectivity index (χ3n) is 14.7. The Labute approximate surface area is 336 Å². The van der Waals surface area contributed by atoms with Crippen LogP contribution in [-0.2, 0) is 15.9 Å². The van der Waals surface area contributed by atoms with Crippen LogP contribution < -0.4 is 0 Å². The molecule has 0 spiro atoms. The van der Waals surface area contributed by atoms with Crippen LogP contribution in [-0.4, -0.2) is 8.80 Å². The molecule has 1 radical (unpaired) electrons. The maximum absolute atomic E-state index is 2.76. The lowest BCUT2D eigenvalue weighted by molar-refractivity contribution is 0.310. The molecule has 0 saturated heterocycles. The molecule has 0 aromatic heterocycles. The van der Waals surface area contributed by atoms with Gasteiger partial charge in [0.05, 0.1) is 8.80 Å². The van der Waals surface area contributed by atoms with Crippen LogP contribution in [0.2, 0.25) is 13.1 Å². The summed E-state index contributed by atoms with van der Waals surface area (Å²) in [5.74, 6) is 0.355.